The molecule has 0 bridgehead atoms. The molecule has 1 aromatic heterocycles. The van der Waals surface area contributed by atoms with E-state index in [2.05, 4.69) is 15.0 Å². The van der Waals surface area contributed by atoms with Gasteiger partial charge in [-0.25, -0.2) is 22.9 Å². The van der Waals surface area contributed by atoms with Crippen LogP contribution in [0.4, 0.5) is 0 Å². The predicted octanol–water partition coefficient (Wildman–Crippen LogP) is 0.0124. The molecule has 0 fully saturated rings. The Balaban J connectivity index is 2.54. The van der Waals surface area contributed by atoms with Crippen molar-refractivity contribution < 1.29 is 23.1 Å². The Kier molecular flexibility index (Phi) is 6.91. The summed E-state index contributed by atoms with van der Waals surface area (Å²) in [5.41, 5.74) is 0. The van der Waals surface area contributed by atoms with Crippen LogP contribution in [0.2, 0.25) is 0 Å². The van der Waals surface area contributed by atoms with E-state index in [1.165, 1.54) is 6.20 Å². The zero-order valence-electron chi connectivity index (χ0n) is 14.2. The number of aliphatic carboxylic acids is 1. The van der Waals surface area contributed by atoms with Crippen molar-refractivity contribution in [2.24, 2.45) is 13.0 Å². The van der Waals surface area contributed by atoms with Crippen LogP contribution in [0.1, 0.15) is 32.5 Å². The highest BCUT2D eigenvalue weighted by Crippen LogP contribution is 2.08. The predicted molar refractivity (Wildman–Crippen MR) is 86.8 cm³/mol. The van der Waals surface area contributed by atoms with Gasteiger partial charge in [0.15, 0.2) is 5.03 Å². The average Bonchev–Trinajstić information content (AvgIpc) is 2.78. The number of hydrogen-bond acceptors (Lipinski definition) is 5. The molecule has 1 rings (SSSR count). The third-order valence-corrected chi connectivity index (χ3v) is 4.68. The largest absolute Gasteiger partial charge is 0.480 e. The van der Waals surface area contributed by atoms with Crippen LogP contribution >= 0.6 is 0 Å². The Morgan fingerprint density at radius 3 is 2.46 bits per heavy atom. The second-order valence-corrected chi connectivity index (χ2v) is 7.69. The molecule has 1 heterocycles. The van der Waals surface area contributed by atoms with E-state index in [0.717, 1.165) is 0 Å². The van der Waals surface area contributed by atoms with Crippen LogP contribution in [0, 0.1) is 12.8 Å². The van der Waals surface area contributed by atoms with Crippen molar-refractivity contribution in [1.82, 2.24) is 19.6 Å². The molecular formula is C14H24N4O5S. The van der Waals surface area contributed by atoms with E-state index >= 15 is 0 Å². The van der Waals surface area contributed by atoms with Crippen LogP contribution in [0.15, 0.2) is 11.2 Å². The number of aryl methyl sites for hydroxylation is 2. The first kappa shape index (κ1) is 20.1. The molecule has 10 heteroatoms. The number of imidazole rings is 1. The molecule has 3 N–H and O–H groups in total. The number of rotatable bonds is 9. The highest BCUT2D eigenvalue weighted by atomic mass is 32.2. The molecule has 0 aliphatic rings. The van der Waals surface area contributed by atoms with Crippen molar-refractivity contribution in [2.75, 3.05) is 6.54 Å². The molecular weight excluding hydrogens is 336 g/mol. The maximum absolute atomic E-state index is 12.0. The Morgan fingerprint density at radius 2 is 2.00 bits per heavy atom. The van der Waals surface area contributed by atoms with Crippen LogP contribution in [0.3, 0.4) is 0 Å². The summed E-state index contributed by atoms with van der Waals surface area (Å²) in [5.74, 6) is -0.979. The van der Waals surface area contributed by atoms with E-state index in [1.54, 1.807) is 18.5 Å². The lowest BCUT2D eigenvalue weighted by atomic mass is 10.0. The first-order valence-corrected chi connectivity index (χ1v) is 9.03. The van der Waals surface area contributed by atoms with Gasteiger partial charge in [-0.3, -0.25) is 4.79 Å². The van der Waals surface area contributed by atoms with Gasteiger partial charge in [0.1, 0.15) is 11.9 Å². The van der Waals surface area contributed by atoms with Crippen molar-refractivity contribution in [2.45, 2.75) is 44.7 Å². The number of carboxylic acid groups (broad SMARTS) is 1. The zero-order valence-corrected chi connectivity index (χ0v) is 15.1. The number of carboxylic acids is 1. The Hall–Kier alpha value is -1.94. The van der Waals surface area contributed by atoms with E-state index in [-0.39, 0.29) is 23.9 Å². The average molecular weight is 360 g/mol. The molecule has 0 aliphatic carbocycles. The second kappa shape index (κ2) is 8.25. The van der Waals surface area contributed by atoms with Gasteiger partial charge in [-0.05, 0) is 19.3 Å². The van der Waals surface area contributed by atoms with Crippen molar-refractivity contribution in [1.29, 1.82) is 0 Å². The highest BCUT2D eigenvalue weighted by molar-refractivity contribution is 7.89. The van der Waals surface area contributed by atoms with Gasteiger partial charge in [0.05, 0.1) is 0 Å². The first-order valence-electron chi connectivity index (χ1n) is 7.54. The topological polar surface area (TPSA) is 130 Å². The number of hydrogen-bond donors (Lipinski definition) is 3. The number of carbonyl (C=O) groups excluding carboxylic acids is 1. The third kappa shape index (κ3) is 5.93. The Labute approximate surface area is 141 Å². The quantitative estimate of drug-likeness (QED) is 0.569. The van der Waals surface area contributed by atoms with E-state index in [9.17, 15) is 18.0 Å². The van der Waals surface area contributed by atoms with E-state index in [4.69, 9.17) is 5.11 Å². The molecule has 0 saturated heterocycles. The summed E-state index contributed by atoms with van der Waals surface area (Å²) in [6, 6.07) is -0.979. The minimum atomic E-state index is -3.80. The molecule has 1 atom stereocenters. The number of amides is 1. The van der Waals surface area contributed by atoms with Gasteiger partial charge in [-0.15, -0.1) is 0 Å². The maximum atomic E-state index is 12.0. The van der Waals surface area contributed by atoms with E-state index in [1.807, 2.05) is 13.8 Å². The summed E-state index contributed by atoms with van der Waals surface area (Å²) >= 11 is 0. The van der Waals surface area contributed by atoms with Crippen LogP contribution in [-0.4, -0.2) is 47.5 Å². The molecule has 0 radical (unpaired) electrons. The summed E-state index contributed by atoms with van der Waals surface area (Å²) in [7, 11) is -2.12. The van der Waals surface area contributed by atoms with Crippen molar-refractivity contribution in [3.63, 3.8) is 0 Å². The Bertz CT molecular complexity index is 677. The first-order chi connectivity index (χ1) is 11.0. The van der Waals surface area contributed by atoms with Gasteiger partial charge in [-0.1, -0.05) is 13.8 Å². The fraction of sp³-hybridized carbons (Fsp3) is 0.643. The standard InChI is InChI=1S/C14H24N4O5S/c1-9(2)7-11(14(20)21)17-12(19)5-6-15-24(22,23)13-8-18(4)10(3)16-13/h8-9,11,15H,5-7H2,1-4H3,(H,17,19)(H,20,21). The maximum Gasteiger partial charge on any atom is 0.326 e. The van der Waals surface area contributed by atoms with Crippen molar-refractivity contribution in [3.05, 3.63) is 12.0 Å². The SMILES string of the molecule is Cc1nc(S(=O)(=O)NCCC(=O)NC(CC(C)C)C(=O)O)cn1C. The number of carbonyl (C=O) groups is 2. The molecule has 0 spiro atoms. The minimum absolute atomic E-state index is 0.109. The van der Waals surface area contributed by atoms with Crippen molar-refractivity contribution >= 4 is 21.9 Å². The van der Waals surface area contributed by atoms with Gasteiger partial charge in [0, 0.05) is 26.2 Å². The van der Waals surface area contributed by atoms with Gasteiger partial charge in [-0.2, -0.15) is 0 Å². The molecule has 24 heavy (non-hydrogen) atoms. The van der Waals surface area contributed by atoms with Gasteiger partial charge in [0.25, 0.3) is 10.0 Å². The Morgan fingerprint density at radius 1 is 1.38 bits per heavy atom. The third-order valence-electron chi connectivity index (χ3n) is 3.35. The fourth-order valence-corrected chi connectivity index (χ4v) is 3.06. The summed E-state index contributed by atoms with van der Waals surface area (Å²) in [6.07, 6.45) is 1.52. The number of nitrogens with zero attached hydrogens (tertiary/aromatic N) is 2. The summed E-state index contributed by atoms with van der Waals surface area (Å²) in [5, 5.41) is 11.3. The fourth-order valence-electron chi connectivity index (χ4n) is 1.99. The zero-order chi connectivity index (χ0) is 18.5. The van der Waals surface area contributed by atoms with E-state index < -0.39 is 27.9 Å². The molecule has 0 aromatic carbocycles. The van der Waals surface area contributed by atoms with Gasteiger partial charge < -0.3 is 15.0 Å². The van der Waals surface area contributed by atoms with Crippen molar-refractivity contribution in [3.8, 4) is 0 Å². The molecule has 0 saturated carbocycles. The monoisotopic (exact) mass is 360 g/mol. The summed E-state index contributed by atoms with van der Waals surface area (Å²) in [6.45, 7) is 5.24. The normalized spacial score (nSPS) is 13.0. The number of nitrogens with one attached hydrogen (secondary N) is 2. The summed E-state index contributed by atoms with van der Waals surface area (Å²) < 4.78 is 27.9. The minimum Gasteiger partial charge on any atom is -0.480 e. The lowest BCUT2D eigenvalue weighted by Gasteiger charge is -2.16. The molecule has 1 unspecified atom stereocenters. The number of sulfonamides is 1. The van der Waals surface area contributed by atoms with Gasteiger partial charge >= 0.3 is 5.97 Å². The second-order valence-electron chi connectivity index (χ2n) is 5.97. The summed E-state index contributed by atoms with van der Waals surface area (Å²) in [4.78, 5) is 26.8. The highest BCUT2D eigenvalue weighted by Gasteiger charge is 2.22. The molecule has 9 nitrogen and oxygen atoms in total. The van der Waals surface area contributed by atoms with Crippen LogP contribution in [0.5, 0.6) is 0 Å². The van der Waals surface area contributed by atoms with E-state index in [0.29, 0.717) is 12.2 Å². The smallest absolute Gasteiger partial charge is 0.326 e. The van der Waals surface area contributed by atoms with Crippen LogP contribution < -0.4 is 10.0 Å². The lowest BCUT2D eigenvalue weighted by molar-refractivity contribution is -0.142. The molecule has 0 aliphatic heterocycles. The molecule has 136 valence electrons. The molecule has 1 amide bonds. The van der Waals surface area contributed by atoms with Crippen LogP contribution in [-0.2, 0) is 26.7 Å². The van der Waals surface area contributed by atoms with Gasteiger partial charge in [0.2, 0.25) is 5.91 Å². The van der Waals surface area contributed by atoms with Crippen LogP contribution in [0.25, 0.3) is 0 Å². The number of aromatic nitrogens is 2. The lowest BCUT2D eigenvalue weighted by Crippen LogP contribution is -2.42. The molecule has 1 aromatic rings.